The second kappa shape index (κ2) is 15.9. The van der Waals surface area contributed by atoms with E-state index in [9.17, 15) is 0 Å². The van der Waals surface area contributed by atoms with E-state index in [1.165, 1.54) is 42.5 Å². The van der Waals surface area contributed by atoms with Crippen LogP contribution in [0, 0.1) is 0 Å². The Morgan fingerprint density at radius 1 is 0.898 bits per heavy atom. The molecule has 260 valence electrons. The molecule has 2 N–H and O–H groups in total. The number of ether oxygens (including phenoxy) is 2. The number of methoxy groups -OCH3 is 2. The predicted molar refractivity (Wildman–Crippen MR) is 205 cm³/mol. The van der Waals surface area contributed by atoms with Gasteiger partial charge in [-0.15, -0.1) is 0 Å². The molecule has 0 atom stereocenters. The maximum Gasteiger partial charge on any atom is 0.229 e. The molecule has 2 aromatic carbocycles. The number of hydrogen-bond acceptors (Lipinski definition) is 10. The number of aryl methyl sites for hydroxylation is 1. The number of aromatic nitrogens is 3. The Labute approximate surface area is 296 Å². The zero-order valence-corrected chi connectivity index (χ0v) is 31.1. The molecule has 2 fully saturated rings. The fraction of sp³-hybridized carbons (Fsp3) is 0.432. The summed E-state index contributed by atoms with van der Waals surface area (Å²) >= 11 is 6.66. The quantitative estimate of drug-likeness (QED) is 0.162. The van der Waals surface area contributed by atoms with Crippen LogP contribution in [0.15, 0.2) is 55.0 Å². The summed E-state index contributed by atoms with van der Waals surface area (Å²) in [7, 11) is 5.14. The molecule has 0 aliphatic carbocycles. The van der Waals surface area contributed by atoms with Crippen molar-refractivity contribution >= 4 is 53.7 Å². The molecule has 2 saturated heterocycles. The summed E-state index contributed by atoms with van der Waals surface area (Å²) in [5.41, 5.74) is 6.27. The van der Waals surface area contributed by atoms with Crippen LogP contribution in [0.25, 0.3) is 11.1 Å². The summed E-state index contributed by atoms with van der Waals surface area (Å²) in [5.74, 6) is 2.50. The molecule has 0 radical (unpaired) electrons. The number of piperazine rings is 1. The third-order valence-corrected chi connectivity index (χ3v) is 11.3. The molecule has 4 aromatic rings. The molecule has 0 amide bonds. The Kier molecular flexibility index (Phi) is 11.4. The van der Waals surface area contributed by atoms with Gasteiger partial charge in [-0.3, -0.25) is 9.88 Å². The van der Waals surface area contributed by atoms with Gasteiger partial charge < -0.3 is 29.9 Å². The number of pyridine rings is 1. The zero-order valence-electron chi connectivity index (χ0n) is 29.5. The van der Waals surface area contributed by atoms with Crippen LogP contribution in [0.5, 0.6) is 11.5 Å². The lowest BCUT2D eigenvalue weighted by Crippen LogP contribution is -2.52. The fourth-order valence-corrected chi connectivity index (χ4v) is 7.98. The molecule has 0 spiro atoms. The Morgan fingerprint density at radius 3 is 2.35 bits per heavy atom. The molecular formula is C37H48ClN8O2P. The van der Waals surface area contributed by atoms with Crippen LogP contribution in [0.1, 0.15) is 25.3 Å². The highest BCUT2D eigenvalue weighted by Gasteiger charge is 2.28. The van der Waals surface area contributed by atoms with Gasteiger partial charge >= 0.3 is 0 Å². The summed E-state index contributed by atoms with van der Waals surface area (Å²) in [6, 6.07) is 13.2. The zero-order chi connectivity index (χ0) is 34.5. The molecule has 4 heterocycles. The highest BCUT2D eigenvalue weighted by atomic mass is 35.5. The topological polar surface area (TPSA) is 90.9 Å². The van der Waals surface area contributed by atoms with Gasteiger partial charge in [-0.1, -0.05) is 32.5 Å². The second-order valence-electron chi connectivity index (χ2n) is 12.9. The van der Waals surface area contributed by atoms with E-state index in [4.69, 9.17) is 26.1 Å². The van der Waals surface area contributed by atoms with Gasteiger partial charge in [0, 0.05) is 80.7 Å². The lowest BCUT2D eigenvalue weighted by molar-refractivity contribution is 0.0982. The third kappa shape index (κ3) is 8.04. The number of piperidine rings is 1. The van der Waals surface area contributed by atoms with Gasteiger partial charge in [-0.2, -0.15) is 4.98 Å². The van der Waals surface area contributed by atoms with Crippen molar-refractivity contribution < 1.29 is 9.47 Å². The lowest BCUT2D eigenvalue weighted by atomic mass is 9.99. The Hall–Kier alpha value is -3.69. The van der Waals surface area contributed by atoms with Gasteiger partial charge in [0.25, 0.3) is 0 Å². The summed E-state index contributed by atoms with van der Waals surface area (Å²) in [6.07, 6.45) is 8.47. The van der Waals surface area contributed by atoms with Crippen LogP contribution in [0.2, 0.25) is 5.02 Å². The number of benzene rings is 2. The number of nitrogens with zero attached hydrogens (tertiary/aromatic N) is 6. The van der Waals surface area contributed by atoms with Crippen LogP contribution in [-0.2, 0) is 6.42 Å². The fourth-order valence-electron chi connectivity index (χ4n) is 6.83. The van der Waals surface area contributed by atoms with Crippen molar-refractivity contribution in [2.45, 2.75) is 32.2 Å². The van der Waals surface area contributed by atoms with Crippen LogP contribution < -0.4 is 30.3 Å². The maximum atomic E-state index is 6.66. The smallest absolute Gasteiger partial charge is 0.229 e. The molecule has 2 aromatic heterocycles. The van der Waals surface area contributed by atoms with E-state index in [0.717, 1.165) is 66.6 Å². The minimum Gasteiger partial charge on any atom is -0.496 e. The monoisotopic (exact) mass is 702 g/mol. The average Bonchev–Trinajstić information content (AvgIpc) is 3.13. The first-order valence-corrected chi connectivity index (χ1v) is 19.6. The van der Waals surface area contributed by atoms with E-state index in [1.54, 1.807) is 26.6 Å². The second-order valence-corrected chi connectivity index (χ2v) is 15.6. The minimum absolute atomic E-state index is 0.432. The van der Waals surface area contributed by atoms with E-state index in [1.807, 2.05) is 12.3 Å². The van der Waals surface area contributed by atoms with Gasteiger partial charge in [-0.05, 0) is 80.3 Å². The Bertz CT molecular complexity index is 1740. The van der Waals surface area contributed by atoms with Crippen LogP contribution in [0.4, 0.5) is 28.8 Å². The Morgan fingerprint density at radius 2 is 1.65 bits per heavy atom. The van der Waals surface area contributed by atoms with Gasteiger partial charge in [-0.25, -0.2) is 4.98 Å². The van der Waals surface area contributed by atoms with Gasteiger partial charge in [0.15, 0.2) is 5.82 Å². The number of anilines is 5. The van der Waals surface area contributed by atoms with Crippen LogP contribution in [-0.4, -0.2) is 105 Å². The molecule has 2 aliphatic rings. The highest BCUT2D eigenvalue weighted by molar-refractivity contribution is 7.64. The Balaban J connectivity index is 1.20. The summed E-state index contributed by atoms with van der Waals surface area (Å²) < 4.78 is 11.5. The van der Waals surface area contributed by atoms with Crippen LogP contribution >= 0.6 is 19.5 Å². The van der Waals surface area contributed by atoms with E-state index >= 15 is 0 Å². The third-order valence-electron chi connectivity index (χ3n) is 9.68. The molecule has 2 aliphatic heterocycles. The summed E-state index contributed by atoms with van der Waals surface area (Å²) in [5, 5.41) is 8.53. The first-order valence-electron chi connectivity index (χ1n) is 17.0. The SMILES string of the molecule is CCc1cc(Nc2ncc(Cl)c(Nc3ccc(-c4cnccc4OC)cc3P(C)C)n2)c(OC)cc1N1CCC(N2CCN(C)CC2)CC1. The van der Waals surface area contributed by atoms with Crippen molar-refractivity contribution in [1.82, 2.24) is 24.8 Å². The molecule has 6 rings (SSSR count). The normalized spacial score (nSPS) is 16.2. The predicted octanol–water partition coefficient (Wildman–Crippen LogP) is 6.84. The maximum absolute atomic E-state index is 6.66. The van der Waals surface area contributed by atoms with Crippen molar-refractivity contribution in [3.8, 4) is 22.6 Å². The van der Waals surface area contributed by atoms with Crippen molar-refractivity contribution in [1.29, 1.82) is 0 Å². The van der Waals surface area contributed by atoms with Crippen molar-refractivity contribution in [3.05, 3.63) is 65.6 Å². The lowest BCUT2D eigenvalue weighted by Gasteiger charge is -2.43. The van der Waals surface area contributed by atoms with Gasteiger partial charge in [0.05, 0.1) is 26.1 Å². The minimum atomic E-state index is -0.470. The first-order chi connectivity index (χ1) is 23.8. The standard InChI is InChI=1S/C37H48ClN8O2P/c1-7-25-20-31(34(48-4)22-32(25)46-14-11-27(12-15-46)45-18-16-44(2)17-19-45)42-37-40-24-29(38)36(43-37)41-30-9-8-26(21-35(30)49(5)6)28-23-39-13-10-33(28)47-3/h8-10,13,20-24,27H,7,11-12,14-19H2,1-6H3,(H2,40,41,42,43). The summed E-state index contributed by atoms with van der Waals surface area (Å²) in [4.78, 5) is 21.3. The van der Waals surface area contributed by atoms with Crippen molar-refractivity contribution in [2.24, 2.45) is 0 Å². The number of halogens is 1. The van der Waals surface area contributed by atoms with Crippen LogP contribution in [0.3, 0.4) is 0 Å². The van der Waals surface area contributed by atoms with Gasteiger partial charge in [0.1, 0.15) is 16.5 Å². The van der Waals surface area contributed by atoms with E-state index < -0.39 is 7.92 Å². The molecular weight excluding hydrogens is 655 g/mol. The molecule has 49 heavy (non-hydrogen) atoms. The van der Waals surface area contributed by atoms with E-state index in [-0.39, 0.29) is 0 Å². The summed E-state index contributed by atoms with van der Waals surface area (Å²) in [6.45, 7) is 13.4. The molecule has 0 saturated carbocycles. The van der Waals surface area contributed by atoms with Crippen molar-refractivity contribution in [3.63, 3.8) is 0 Å². The first kappa shape index (κ1) is 35.1. The average molecular weight is 703 g/mol. The molecule has 10 nitrogen and oxygen atoms in total. The molecule has 0 unspecified atom stereocenters. The van der Waals surface area contributed by atoms with Gasteiger partial charge in [0.2, 0.25) is 5.95 Å². The highest BCUT2D eigenvalue weighted by Crippen LogP contribution is 2.39. The van der Waals surface area contributed by atoms with E-state index in [2.05, 4.69) is 92.9 Å². The van der Waals surface area contributed by atoms with E-state index in [0.29, 0.717) is 22.8 Å². The number of hydrogen-bond donors (Lipinski definition) is 2. The number of likely N-dealkylation sites (N-methyl/N-ethyl adjacent to an activating group) is 1. The largest absolute Gasteiger partial charge is 0.496 e. The number of nitrogens with one attached hydrogen (secondary N) is 2. The molecule has 12 heteroatoms. The number of rotatable bonds is 11. The van der Waals surface area contributed by atoms with Crippen molar-refractivity contribution in [2.75, 3.05) is 89.4 Å². The molecule has 0 bridgehead atoms.